The molecule has 36 heavy (non-hydrogen) atoms. The number of piperidine rings is 1. The second-order valence-corrected chi connectivity index (χ2v) is 9.94. The van der Waals surface area contributed by atoms with E-state index in [1.54, 1.807) is 39.1 Å². The molecule has 1 saturated heterocycles. The Morgan fingerprint density at radius 1 is 1.19 bits per heavy atom. The Hall–Kier alpha value is -3.63. The van der Waals surface area contributed by atoms with Crippen molar-refractivity contribution < 1.29 is 19.1 Å². The zero-order valence-corrected chi connectivity index (χ0v) is 20.8. The van der Waals surface area contributed by atoms with E-state index < -0.39 is 28.9 Å². The molecule has 2 aromatic rings. The quantitative estimate of drug-likeness (QED) is 0.525. The summed E-state index contributed by atoms with van der Waals surface area (Å²) in [5.41, 5.74) is 5.81. The van der Waals surface area contributed by atoms with Crippen molar-refractivity contribution in [1.82, 2.24) is 20.2 Å². The van der Waals surface area contributed by atoms with Crippen LogP contribution in [0, 0.1) is 5.41 Å². The van der Waals surface area contributed by atoms with E-state index in [2.05, 4.69) is 15.4 Å². The van der Waals surface area contributed by atoms with Crippen molar-refractivity contribution in [2.75, 3.05) is 26.7 Å². The van der Waals surface area contributed by atoms with Gasteiger partial charge in [-0.1, -0.05) is 36.4 Å². The lowest BCUT2D eigenvalue weighted by atomic mass is 9.73. The van der Waals surface area contributed by atoms with Crippen LogP contribution in [0.5, 0.6) is 5.88 Å². The van der Waals surface area contributed by atoms with Crippen LogP contribution in [0.15, 0.2) is 59.8 Å². The van der Waals surface area contributed by atoms with Crippen LogP contribution < -0.4 is 15.8 Å². The fourth-order valence-electron chi connectivity index (χ4n) is 4.63. The van der Waals surface area contributed by atoms with Gasteiger partial charge in [0, 0.05) is 45.4 Å². The number of esters is 1. The number of hydrogen-bond donors (Lipinski definition) is 2. The SMILES string of the molecule is CN1N=C2CCN(CC(NC(=O)C(C)(C)N)C(=O)Oc3ccccn3)CC2(Cc2ccccc2)C1=O. The van der Waals surface area contributed by atoms with Gasteiger partial charge in [-0.25, -0.2) is 14.8 Å². The van der Waals surface area contributed by atoms with Crippen LogP contribution in [-0.4, -0.2) is 76.7 Å². The van der Waals surface area contributed by atoms with E-state index in [9.17, 15) is 14.4 Å². The fraction of sp³-hybridized carbons (Fsp3) is 0.423. The summed E-state index contributed by atoms with van der Waals surface area (Å²) in [7, 11) is 1.67. The molecule has 2 amide bonds. The van der Waals surface area contributed by atoms with Crippen LogP contribution in [0.1, 0.15) is 25.8 Å². The van der Waals surface area contributed by atoms with Gasteiger partial charge in [0.15, 0.2) is 0 Å². The Kier molecular flexibility index (Phi) is 7.18. The van der Waals surface area contributed by atoms with Gasteiger partial charge in [0.1, 0.15) is 11.5 Å². The predicted octanol–water partition coefficient (Wildman–Crippen LogP) is 0.972. The maximum absolute atomic E-state index is 13.4. The Balaban J connectivity index is 1.57. The van der Waals surface area contributed by atoms with Crippen LogP contribution in [0.2, 0.25) is 0 Å². The van der Waals surface area contributed by atoms with Crippen LogP contribution in [0.4, 0.5) is 0 Å². The summed E-state index contributed by atoms with van der Waals surface area (Å²) in [4.78, 5) is 45.2. The normalized spacial score (nSPS) is 20.9. The largest absolute Gasteiger partial charge is 0.406 e. The second-order valence-electron chi connectivity index (χ2n) is 9.94. The smallest absolute Gasteiger partial charge is 0.336 e. The molecule has 190 valence electrons. The molecule has 0 spiro atoms. The average molecular weight is 493 g/mol. The lowest BCUT2D eigenvalue weighted by Gasteiger charge is -2.40. The van der Waals surface area contributed by atoms with Crippen molar-refractivity contribution >= 4 is 23.5 Å². The molecule has 3 N–H and O–H groups in total. The molecule has 2 atom stereocenters. The number of rotatable bonds is 8. The van der Waals surface area contributed by atoms with Gasteiger partial charge >= 0.3 is 5.97 Å². The average Bonchev–Trinajstić information content (AvgIpc) is 3.08. The number of nitrogens with two attached hydrogens (primary N) is 1. The molecule has 10 heteroatoms. The van der Waals surface area contributed by atoms with E-state index in [0.29, 0.717) is 25.9 Å². The van der Waals surface area contributed by atoms with E-state index in [4.69, 9.17) is 10.5 Å². The minimum absolute atomic E-state index is 0.0780. The molecule has 1 fully saturated rings. The van der Waals surface area contributed by atoms with Gasteiger partial charge in [0.25, 0.3) is 5.91 Å². The third-order valence-corrected chi connectivity index (χ3v) is 6.49. The Labute approximate surface area is 210 Å². The van der Waals surface area contributed by atoms with Gasteiger partial charge in [0.2, 0.25) is 11.8 Å². The Morgan fingerprint density at radius 3 is 2.58 bits per heavy atom. The molecule has 2 aliphatic rings. The number of carbonyl (C=O) groups is 3. The molecule has 3 heterocycles. The van der Waals surface area contributed by atoms with Gasteiger partial charge in [-0.15, -0.1) is 0 Å². The molecule has 0 aliphatic carbocycles. The van der Waals surface area contributed by atoms with Crippen molar-refractivity contribution in [1.29, 1.82) is 0 Å². The van der Waals surface area contributed by atoms with Crippen molar-refractivity contribution in [2.24, 2.45) is 16.3 Å². The van der Waals surface area contributed by atoms with Crippen molar-refractivity contribution in [3.8, 4) is 5.88 Å². The first-order valence-corrected chi connectivity index (χ1v) is 11.9. The number of carbonyl (C=O) groups excluding carboxylic acids is 3. The van der Waals surface area contributed by atoms with Gasteiger partial charge < -0.3 is 15.8 Å². The Morgan fingerprint density at radius 2 is 1.92 bits per heavy atom. The minimum Gasteiger partial charge on any atom is -0.406 e. The maximum Gasteiger partial charge on any atom is 0.336 e. The summed E-state index contributed by atoms with van der Waals surface area (Å²) in [6.07, 6.45) is 2.58. The summed E-state index contributed by atoms with van der Waals surface area (Å²) in [5.74, 6) is -1.08. The summed E-state index contributed by atoms with van der Waals surface area (Å²) >= 11 is 0. The highest BCUT2D eigenvalue weighted by molar-refractivity contribution is 6.13. The maximum atomic E-state index is 13.4. The highest BCUT2D eigenvalue weighted by Crippen LogP contribution is 2.38. The zero-order chi connectivity index (χ0) is 25.9. The molecule has 10 nitrogen and oxygen atoms in total. The predicted molar refractivity (Wildman–Crippen MR) is 134 cm³/mol. The number of benzene rings is 1. The van der Waals surface area contributed by atoms with E-state index in [-0.39, 0.29) is 18.3 Å². The Bertz CT molecular complexity index is 1150. The molecule has 1 aromatic heterocycles. The minimum atomic E-state index is -1.19. The van der Waals surface area contributed by atoms with Gasteiger partial charge in [-0.2, -0.15) is 5.10 Å². The molecule has 4 rings (SSSR count). The van der Waals surface area contributed by atoms with Crippen LogP contribution in [-0.2, 0) is 20.8 Å². The van der Waals surface area contributed by atoms with Gasteiger partial charge in [-0.3, -0.25) is 14.5 Å². The van der Waals surface area contributed by atoms with Gasteiger partial charge in [-0.05, 0) is 31.9 Å². The molecular formula is C26H32N6O4. The fourth-order valence-corrected chi connectivity index (χ4v) is 4.63. The molecule has 0 radical (unpaired) electrons. The van der Waals surface area contributed by atoms with Crippen molar-refractivity contribution in [3.05, 3.63) is 60.3 Å². The number of amides is 2. The molecule has 0 saturated carbocycles. The number of aromatic nitrogens is 1. The lowest BCUT2D eigenvalue weighted by Crippen LogP contribution is -2.60. The number of ether oxygens (including phenoxy) is 1. The highest BCUT2D eigenvalue weighted by atomic mass is 16.5. The van der Waals surface area contributed by atoms with E-state index in [1.165, 1.54) is 11.2 Å². The first-order valence-electron chi connectivity index (χ1n) is 11.9. The monoisotopic (exact) mass is 492 g/mol. The molecule has 2 aliphatic heterocycles. The topological polar surface area (TPSA) is 130 Å². The number of pyridine rings is 1. The van der Waals surface area contributed by atoms with Crippen molar-refractivity contribution in [3.63, 3.8) is 0 Å². The summed E-state index contributed by atoms with van der Waals surface area (Å²) < 4.78 is 5.45. The highest BCUT2D eigenvalue weighted by Gasteiger charge is 2.53. The first-order chi connectivity index (χ1) is 17.1. The number of hydrazone groups is 1. The van der Waals surface area contributed by atoms with Crippen LogP contribution >= 0.6 is 0 Å². The van der Waals surface area contributed by atoms with E-state index in [0.717, 1.165) is 11.3 Å². The molecule has 1 aromatic carbocycles. The summed E-state index contributed by atoms with van der Waals surface area (Å²) in [6.45, 7) is 4.21. The second kappa shape index (κ2) is 10.2. The molecule has 0 bridgehead atoms. The third-order valence-electron chi connectivity index (χ3n) is 6.49. The number of hydrogen-bond acceptors (Lipinski definition) is 8. The first kappa shape index (κ1) is 25.5. The number of nitrogens with one attached hydrogen (secondary N) is 1. The number of fused-ring (bicyclic) bond motifs is 1. The number of nitrogens with zero attached hydrogens (tertiary/aromatic N) is 4. The molecular weight excluding hydrogens is 460 g/mol. The van der Waals surface area contributed by atoms with Gasteiger partial charge in [0.05, 0.1) is 11.3 Å². The summed E-state index contributed by atoms with van der Waals surface area (Å²) in [5, 5.41) is 8.68. The van der Waals surface area contributed by atoms with Crippen LogP contribution in [0.25, 0.3) is 0 Å². The summed E-state index contributed by atoms with van der Waals surface area (Å²) in [6, 6.07) is 13.8. The standard InChI is InChI=1S/C26H32N6O4/c1-25(2,27)23(34)29-19(22(33)36-21-11-7-8-13-28-21)16-32-14-12-20-26(17-32,24(35)31(3)30-20)15-18-9-5-4-6-10-18/h4-11,13,19H,12,14-17,27H2,1-3H3,(H,29,34). The number of likely N-dealkylation sites (tertiary alicyclic amines) is 1. The zero-order valence-electron chi connectivity index (χ0n) is 20.8. The van der Waals surface area contributed by atoms with E-state index >= 15 is 0 Å². The van der Waals surface area contributed by atoms with Crippen molar-refractivity contribution in [2.45, 2.75) is 38.3 Å². The molecule has 2 unspecified atom stereocenters. The van der Waals surface area contributed by atoms with Crippen LogP contribution in [0.3, 0.4) is 0 Å². The third kappa shape index (κ3) is 5.44. The van der Waals surface area contributed by atoms with E-state index in [1.807, 2.05) is 35.2 Å². The lowest BCUT2D eigenvalue weighted by molar-refractivity contribution is -0.141.